The van der Waals surface area contributed by atoms with Gasteiger partial charge in [0, 0.05) is 0 Å². The molecular weight excluding hydrogens is 160 g/mol. The van der Waals surface area contributed by atoms with Crippen LogP contribution in [0.15, 0.2) is 0 Å². The van der Waals surface area contributed by atoms with Crippen LogP contribution in [-0.2, 0) is 0 Å². The molecule has 0 aromatic rings. The number of hydrogen-bond acceptors (Lipinski definition) is 1. The van der Waals surface area contributed by atoms with Crippen molar-refractivity contribution in [3.63, 3.8) is 0 Å². The van der Waals surface area contributed by atoms with Crippen LogP contribution in [-0.4, -0.2) is 11.2 Å². The van der Waals surface area contributed by atoms with Crippen LogP contribution >= 0.6 is 0 Å². The summed E-state index contributed by atoms with van der Waals surface area (Å²) in [5.41, 5.74) is 0. The molecular formula is C12H22O. The third-order valence-corrected chi connectivity index (χ3v) is 4.09. The smallest absolute Gasteiger partial charge is 0.0591 e. The lowest BCUT2D eigenvalue weighted by molar-refractivity contribution is 0.0314. The van der Waals surface area contributed by atoms with Gasteiger partial charge in [0.1, 0.15) is 0 Å². The Hall–Kier alpha value is -0.0400. The summed E-state index contributed by atoms with van der Waals surface area (Å²) in [5, 5.41) is 10.0. The van der Waals surface area contributed by atoms with Crippen LogP contribution in [0.5, 0.6) is 0 Å². The summed E-state index contributed by atoms with van der Waals surface area (Å²) in [5.74, 6) is 2.98. The van der Waals surface area contributed by atoms with E-state index < -0.39 is 0 Å². The van der Waals surface area contributed by atoms with Gasteiger partial charge in [0.15, 0.2) is 0 Å². The highest BCUT2D eigenvalue weighted by atomic mass is 16.3. The molecule has 76 valence electrons. The average molecular weight is 182 g/mol. The summed E-state index contributed by atoms with van der Waals surface area (Å²) in [4.78, 5) is 0. The van der Waals surface area contributed by atoms with E-state index in [-0.39, 0.29) is 6.10 Å². The van der Waals surface area contributed by atoms with E-state index in [1.807, 2.05) is 0 Å². The van der Waals surface area contributed by atoms with Gasteiger partial charge in [-0.25, -0.2) is 0 Å². The third-order valence-electron chi connectivity index (χ3n) is 4.09. The van der Waals surface area contributed by atoms with Crippen LogP contribution in [0.2, 0.25) is 0 Å². The molecule has 0 spiro atoms. The van der Waals surface area contributed by atoms with Crippen molar-refractivity contribution < 1.29 is 5.11 Å². The fourth-order valence-corrected chi connectivity index (χ4v) is 3.38. The van der Waals surface area contributed by atoms with Gasteiger partial charge in [0.25, 0.3) is 0 Å². The van der Waals surface area contributed by atoms with Crippen molar-refractivity contribution in [2.75, 3.05) is 0 Å². The molecule has 0 aromatic heterocycles. The van der Waals surface area contributed by atoms with Crippen molar-refractivity contribution in [2.24, 2.45) is 23.7 Å². The first-order valence-corrected chi connectivity index (χ1v) is 5.85. The van der Waals surface area contributed by atoms with Crippen molar-refractivity contribution in [3.05, 3.63) is 0 Å². The fourth-order valence-electron chi connectivity index (χ4n) is 3.38. The van der Waals surface area contributed by atoms with Gasteiger partial charge in [0.2, 0.25) is 0 Å². The number of fused-ring (bicyclic) bond motifs is 2. The number of hydrogen-bond donors (Lipinski definition) is 1. The second-order valence-electron chi connectivity index (χ2n) is 5.51. The SMILES string of the molecule is CC(C)[C@@H](O)C1CC2CCC(C2)C1. The quantitative estimate of drug-likeness (QED) is 0.696. The highest BCUT2D eigenvalue weighted by molar-refractivity contribution is 4.88. The van der Waals surface area contributed by atoms with Crippen LogP contribution < -0.4 is 0 Å². The highest BCUT2D eigenvalue weighted by Crippen LogP contribution is 2.46. The number of aliphatic hydroxyl groups excluding tert-OH is 1. The zero-order valence-corrected chi connectivity index (χ0v) is 8.87. The Morgan fingerprint density at radius 1 is 1.00 bits per heavy atom. The maximum Gasteiger partial charge on any atom is 0.0591 e. The Morgan fingerprint density at radius 2 is 1.54 bits per heavy atom. The molecule has 0 radical (unpaired) electrons. The molecule has 2 fully saturated rings. The topological polar surface area (TPSA) is 20.2 Å². The van der Waals surface area contributed by atoms with Crippen molar-refractivity contribution >= 4 is 0 Å². The molecule has 2 aliphatic rings. The van der Waals surface area contributed by atoms with Crippen LogP contribution in [0.4, 0.5) is 0 Å². The minimum atomic E-state index is -0.0385. The lowest BCUT2D eigenvalue weighted by Crippen LogP contribution is -2.31. The third kappa shape index (κ3) is 1.90. The highest BCUT2D eigenvalue weighted by Gasteiger charge is 2.37. The summed E-state index contributed by atoms with van der Waals surface area (Å²) in [7, 11) is 0. The Morgan fingerprint density at radius 3 is 2.00 bits per heavy atom. The standard InChI is InChI=1S/C12H22O/c1-8(2)12(13)11-6-9-3-4-10(5-9)7-11/h8-13H,3-7H2,1-2H3/t9?,10?,11?,12-/m1/s1. The molecule has 1 N–H and O–H groups in total. The van der Waals surface area contributed by atoms with Gasteiger partial charge >= 0.3 is 0 Å². The molecule has 0 aliphatic heterocycles. The van der Waals surface area contributed by atoms with Gasteiger partial charge in [0.05, 0.1) is 6.10 Å². The minimum Gasteiger partial charge on any atom is -0.393 e. The van der Waals surface area contributed by atoms with Crippen LogP contribution in [0.3, 0.4) is 0 Å². The van der Waals surface area contributed by atoms with E-state index in [0.717, 1.165) is 11.8 Å². The Balaban J connectivity index is 1.94. The molecule has 0 saturated heterocycles. The molecule has 13 heavy (non-hydrogen) atoms. The Kier molecular flexibility index (Phi) is 2.64. The van der Waals surface area contributed by atoms with Gasteiger partial charge in [-0.1, -0.05) is 26.7 Å². The molecule has 3 atom stereocenters. The van der Waals surface area contributed by atoms with Gasteiger partial charge in [-0.15, -0.1) is 0 Å². The summed E-state index contributed by atoms with van der Waals surface area (Å²) >= 11 is 0. The number of rotatable bonds is 2. The van der Waals surface area contributed by atoms with E-state index in [9.17, 15) is 5.11 Å². The lowest BCUT2D eigenvalue weighted by Gasteiger charge is -2.33. The lowest BCUT2D eigenvalue weighted by atomic mass is 9.76. The van der Waals surface area contributed by atoms with Crippen LogP contribution in [0.1, 0.15) is 46.0 Å². The number of aliphatic hydroxyl groups is 1. The van der Waals surface area contributed by atoms with Crippen LogP contribution in [0, 0.1) is 23.7 Å². The first kappa shape index (κ1) is 9.51. The molecule has 2 rings (SSSR count). The van der Waals surface area contributed by atoms with Crippen molar-refractivity contribution in [3.8, 4) is 0 Å². The molecule has 2 bridgehead atoms. The monoisotopic (exact) mass is 182 g/mol. The van der Waals surface area contributed by atoms with Crippen molar-refractivity contribution in [2.45, 2.75) is 52.1 Å². The summed E-state index contributed by atoms with van der Waals surface area (Å²) < 4.78 is 0. The molecule has 2 aliphatic carbocycles. The second kappa shape index (κ2) is 3.61. The molecule has 1 heteroatoms. The minimum absolute atomic E-state index is 0.0385. The molecule has 0 heterocycles. The predicted octanol–water partition coefficient (Wildman–Crippen LogP) is 2.83. The second-order valence-corrected chi connectivity index (χ2v) is 5.51. The van der Waals surface area contributed by atoms with Crippen molar-refractivity contribution in [1.29, 1.82) is 0 Å². The maximum atomic E-state index is 10.0. The normalized spacial score (nSPS) is 41.1. The Bertz CT molecular complexity index is 164. The molecule has 2 unspecified atom stereocenters. The van der Waals surface area contributed by atoms with Gasteiger partial charge in [-0.2, -0.15) is 0 Å². The van der Waals surface area contributed by atoms with E-state index in [2.05, 4.69) is 13.8 Å². The van der Waals surface area contributed by atoms with Gasteiger partial charge in [-0.3, -0.25) is 0 Å². The largest absolute Gasteiger partial charge is 0.393 e. The summed E-state index contributed by atoms with van der Waals surface area (Å²) in [6, 6.07) is 0. The first-order chi connectivity index (χ1) is 6.16. The average Bonchev–Trinajstić information content (AvgIpc) is 2.44. The first-order valence-electron chi connectivity index (χ1n) is 5.85. The Labute approximate surface area is 81.5 Å². The molecule has 0 aromatic carbocycles. The summed E-state index contributed by atoms with van der Waals surface area (Å²) in [6.07, 6.45) is 6.90. The van der Waals surface area contributed by atoms with E-state index in [1.54, 1.807) is 0 Å². The fraction of sp³-hybridized carbons (Fsp3) is 1.00. The summed E-state index contributed by atoms with van der Waals surface area (Å²) in [6.45, 7) is 4.28. The van der Waals surface area contributed by atoms with E-state index in [0.29, 0.717) is 11.8 Å². The van der Waals surface area contributed by atoms with Gasteiger partial charge in [-0.05, 0) is 42.9 Å². The van der Waals surface area contributed by atoms with Crippen LogP contribution in [0.25, 0.3) is 0 Å². The van der Waals surface area contributed by atoms with E-state index in [4.69, 9.17) is 0 Å². The van der Waals surface area contributed by atoms with E-state index >= 15 is 0 Å². The van der Waals surface area contributed by atoms with Gasteiger partial charge < -0.3 is 5.11 Å². The predicted molar refractivity (Wildman–Crippen MR) is 54.4 cm³/mol. The molecule has 1 nitrogen and oxygen atoms in total. The maximum absolute atomic E-state index is 10.0. The van der Waals surface area contributed by atoms with Crippen molar-refractivity contribution in [1.82, 2.24) is 0 Å². The zero-order valence-electron chi connectivity index (χ0n) is 8.87. The zero-order chi connectivity index (χ0) is 9.42. The molecule has 0 amide bonds. The van der Waals surface area contributed by atoms with E-state index in [1.165, 1.54) is 32.1 Å². The molecule has 2 saturated carbocycles.